The van der Waals surface area contributed by atoms with Crippen LogP contribution in [-0.4, -0.2) is 0 Å². The van der Waals surface area contributed by atoms with Crippen molar-refractivity contribution in [3.63, 3.8) is 0 Å². The van der Waals surface area contributed by atoms with Crippen molar-refractivity contribution in [3.8, 4) is 0 Å². The highest BCUT2D eigenvalue weighted by atomic mass is 14.6. The molecule has 1 aliphatic carbocycles. The Morgan fingerprint density at radius 1 is 1.29 bits per heavy atom. The van der Waals surface area contributed by atoms with Crippen LogP contribution in [0.3, 0.4) is 0 Å². The van der Waals surface area contributed by atoms with E-state index in [1.165, 1.54) is 23.1 Å². The summed E-state index contributed by atoms with van der Waals surface area (Å²) < 4.78 is 0. The second-order valence-corrected chi connectivity index (χ2v) is 4.07. The maximum Gasteiger partial charge on any atom is 0.0349 e. The second kappa shape index (κ2) is 3.62. The van der Waals surface area contributed by atoms with Crippen molar-refractivity contribution in [2.45, 2.75) is 38.6 Å². The van der Waals surface area contributed by atoms with Crippen molar-refractivity contribution in [2.24, 2.45) is 5.73 Å². The molecular weight excluding hydrogens is 172 g/mol. The molecule has 1 aromatic carbocycles. The lowest BCUT2D eigenvalue weighted by molar-refractivity contribution is 0.690. The highest BCUT2D eigenvalue weighted by Gasteiger charge is 2.19. The Hall–Kier alpha value is -1.02. The van der Waals surface area contributed by atoms with Crippen molar-refractivity contribution in [1.82, 2.24) is 0 Å². The zero-order valence-electron chi connectivity index (χ0n) is 8.72. The van der Waals surface area contributed by atoms with Crippen LogP contribution in [0.2, 0.25) is 0 Å². The SMILES string of the molecule is CCC(N)c1ccc(N)c2c1CCC2. The Labute approximate surface area is 85.3 Å². The van der Waals surface area contributed by atoms with Gasteiger partial charge >= 0.3 is 0 Å². The number of nitrogen functional groups attached to an aromatic ring is 1. The average molecular weight is 190 g/mol. The number of nitrogens with two attached hydrogens (primary N) is 2. The van der Waals surface area contributed by atoms with Gasteiger partial charge in [0.25, 0.3) is 0 Å². The third-order valence-corrected chi connectivity index (χ3v) is 3.20. The van der Waals surface area contributed by atoms with Crippen molar-refractivity contribution in [1.29, 1.82) is 0 Å². The van der Waals surface area contributed by atoms with Crippen LogP contribution in [0.5, 0.6) is 0 Å². The maximum absolute atomic E-state index is 6.08. The van der Waals surface area contributed by atoms with Gasteiger partial charge in [0.15, 0.2) is 0 Å². The number of anilines is 1. The molecule has 0 amide bonds. The molecule has 76 valence electrons. The zero-order chi connectivity index (χ0) is 10.1. The summed E-state index contributed by atoms with van der Waals surface area (Å²) in [6.07, 6.45) is 4.51. The van der Waals surface area contributed by atoms with Crippen LogP contribution in [0.1, 0.15) is 42.5 Å². The van der Waals surface area contributed by atoms with Gasteiger partial charge in [-0.25, -0.2) is 0 Å². The Kier molecular flexibility index (Phi) is 2.46. The van der Waals surface area contributed by atoms with E-state index in [2.05, 4.69) is 13.0 Å². The minimum absolute atomic E-state index is 0.183. The fraction of sp³-hybridized carbons (Fsp3) is 0.500. The first-order valence-corrected chi connectivity index (χ1v) is 5.39. The summed E-state index contributed by atoms with van der Waals surface area (Å²) in [5.41, 5.74) is 17.1. The van der Waals surface area contributed by atoms with E-state index in [9.17, 15) is 0 Å². The summed E-state index contributed by atoms with van der Waals surface area (Å²) in [5, 5.41) is 0. The molecule has 0 spiro atoms. The van der Waals surface area contributed by atoms with Gasteiger partial charge in [0.2, 0.25) is 0 Å². The average Bonchev–Trinajstić information content (AvgIpc) is 2.67. The molecule has 0 aromatic heterocycles. The third-order valence-electron chi connectivity index (χ3n) is 3.20. The molecule has 2 rings (SSSR count). The van der Waals surface area contributed by atoms with Gasteiger partial charge < -0.3 is 11.5 Å². The van der Waals surface area contributed by atoms with Crippen LogP contribution in [0, 0.1) is 0 Å². The van der Waals surface area contributed by atoms with Crippen LogP contribution >= 0.6 is 0 Å². The van der Waals surface area contributed by atoms with E-state index in [0.29, 0.717) is 0 Å². The first-order chi connectivity index (χ1) is 6.74. The topological polar surface area (TPSA) is 52.0 Å². The predicted molar refractivity (Wildman–Crippen MR) is 60.1 cm³/mol. The monoisotopic (exact) mass is 190 g/mol. The van der Waals surface area contributed by atoms with Crippen molar-refractivity contribution in [2.75, 3.05) is 5.73 Å². The van der Waals surface area contributed by atoms with Gasteiger partial charge in [0.05, 0.1) is 0 Å². The molecule has 2 nitrogen and oxygen atoms in total. The van der Waals surface area contributed by atoms with Gasteiger partial charge in [-0.3, -0.25) is 0 Å². The Morgan fingerprint density at radius 2 is 2.00 bits per heavy atom. The summed E-state index contributed by atoms with van der Waals surface area (Å²) in [7, 11) is 0. The van der Waals surface area contributed by atoms with E-state index < -0.39 is 0 Å². The zero-order valence-corrected chi connectivity index (χ0v) is 8.72. The van der Waals surface area contributed by atoms with Crippen LogP contribution in [0.25, 0.3) is 0 Å². The van der Waals surface area contributed by atoms with Crippen molar-refractivity contribution >= 4 is 5.69 Å². The standard InChI is InChI=1S/C12H18N2/c1-2-11(13)10-6-7-12(14)9-5-3-4-8(9)10/h6-7,11H,2-5,13-14H2,1H3. The molecular formula is C12H18N2. The first kappa shape index (κ1) is 9.53. The summed E-state index contributed by atoms with van der Waals surface area (Å²) in [6, 6.07) is 4.30. The van der Waals surface area contributed by atoms with E-state index >= 15 is 0 Å². The van der Waals surface area contributed by atoms with Gasteiger partial charge in [-0.1, -0.05) is 13.0 Å². The van der Waals surface area contributed by atoms with Crippen LogP contribution in [-0.2, 0) is 12.8 Å². The van der Waals surface area contributed by atoms with Gasteiger partial charge in [0, 0.05) is 11.7 Å². The van der Waals surface area contributed by atoms with Gasteiger partial charge in [-0.15, -0.1) is 0 Å². The summed E-state index contributed by atoms with van der Waals surface area (Å²) in [5.74, 6) is 0. The summed E-state index contributed by atoms with van der Waals surface area (Å²) in [6.45, 7) is 2.13. The number of hydrogen-bond acceptors (Lipinski definition) is 2. The van der Waals surface area contributed by atoms with Crippen molar-refractivity contribution in [3.05, 3.63) is 28.8 Å². The van der Waals surface area contributed by atoms with E-state index in [0.717, 1.165) is 24.9 Å². The largest absolute Gasteiger partial charge is 0.398 e. The van der Waals surface area contributed by atoms with Crippen LogP contribution in [0.4, 0.5) is 5.69 Å². The van der Waals surface area contributed by atoms with E-state index in [4.69, 9.17) is 11.5 Å². The molecule has 0 aliphatic heterocycles. The number of rotatable bonds is 2. The fourth-order valence-electron chi connectivity index (χ4n) is 2.33. The predicted octanol–water partition coefficient (Wildman–Crippen LogP) is 2.17. The van der Waals surface area contributed by atoms with E-state index in [-0.39, 0.29) is 6.04 Å². The molecule has 0 fully saturated rings. The fourth-order valence-corrected chi connectivity index (χ4v) is 2.33. The smallest absolute Gasteiger partial charge is 0.0349 e. The molecule has 2 heteroatoms. The van der Waals surface area contributed by atoms with Crippen molar-refractivity contribution < 1.29 is 0 Å². The van der Waals surface area contributed by atoms with Gasteiger partial charge in [-0.05, 0) is 48.4 Å². The lowest BCUT2D eigenvalue weighted by atomic mass is 9.95. The molecule has 14 heavy (non-hydrogen) atoms. The maximum atomic E-state index is 6.08. The van der Waals surface area contributed by atoms with Gasteiger partial charge in [0.1, 0.15) is 0 Å². The minimum atomic E-state index is 0.183. The summed E-state index contributed by atoms with van der Waals surface area (Å²) in [4.78, 5) is 0. The minimum Gasteiger partial charge on any atom is -0.398 e. The Bertz CT molecular complexity index is 344. The number of fused-ring (bicyclic) bond motifs is 1. The molecule has 0 heterocycles. The summed E-state index contributed by atoms with van der Waals surface area (Å²) >= 11 is 0. The Balaban J connectivity index is 2.48. The second-order valence-electron chi connectivity index (χ2n) is 4.07. The lowest BCUT2D eigenvalue weighted by Gasteiger charge is -2.15. The molecule has 0 saturated heterocycles. The lowest BCUT2D eigenvalue weighted by Crippen LogP contribution is -2.12. The number of benzene rings is 1. The molecule has 1 aliphatic rings. The molecule has 1 aromatic rings. The van der Waals surface area contributed by atoms with E-state index in [1.54, 1.807) is 0 Å². The highest BCUT2D eigenvalue weighted by Crippen LogP contribution is 2.33. The van der Waals surface area contributed by atoms with E-state index in [1.807, 2.05) is 6.07 Å². The molecule has 0 radical (unpaired) electrons. The molecule has 0 bridgehead atoms. The Morgan fingerprint density at radius 3 is 2.71 bits per heavy atom. The highest BCUT2D eigenvalue weighted by molar-refractivity contribution is 5.56. The van der Waals surface area contributed by atoms with Gasteiger partial charge in [-0.2, -0.15) is 0 Å². The first-order valence-electron chi connectivity index (χ1n) is 5.39. The molecule has 0 saturated carbocycles. The third kappa shape index (κ3) is 1.40. The normalized spacial score (nSPS) is 16.7. The van der Waals surface area contributed by atoms with Crippen LogP contribution in [0.15, 0.2) is 12.1 Å². The number of hydrogen-bond donors (Lipinski definition) is 2. The molecule has 4 N–H and O–H groups in total. The quantitative estimate of drug-likeness (QED) is 0.702. The molecule has 1 unspecified atom stereocenters. The molecule has 1 atom stereocenters. The van der Waals surface area contributed by atoms with Crippen LogP contribution < -0.4 is 11.5 Å².